The predicted molar refractivity (Wildman–Crippen MR) is 29.2 cm³/mol. The highest BCUT2D eigenvalue weighted by Gasteiger charge is 2.57. The van der Waals surface area contributed by atoms with Gasteiger partial charge >= 0.3 is 0 Å². The molecule has 1 aliphatic carbocycles. The highest BCUT2D eigenvalue weighted by molar-refractivity contribution is 4.96. The fraction of sp³-hybridized carbons (Fsp3) is 1.00. The predicted octanol–water partition coefficient (Wildman–Crippen LogP) is 0.469. The summed E-state index contributed by atoms with van der Waals surface area (Å²) < 4.78 is 0. The first-order valence-electron chi connectivity index (χ1n) is 3.58. The zero-order chi connectivity index (χ0) is 5.84. The van der Waals surface area contributed by atoms with Gasteiger partial charge in [0.05, 0.1) is 6.04 Å². The van der Waals surface area contributed by atoms with E-state index >= 15 is 0 Å². The molecule has 0 spiro atoms. The van der Waals surface area contributed by atoms with Gasteiger partial charge in [0, 0.05) is 0 Å². The molecule has 0 amide bonds. The fourth-order valence-corrected chi connectivity index (χ4v) is 1.95. The zero-order valence-electron chi connectivity index (χ0n) is 5.12. The smallest absolute Gasteiger partial charge is 0.130 e. The van der Waals surface area contributed by atoms with E-state index in [2.05, 4.69) is 0 Å². The van der Waals surface area contributed by atoms with E-state index in [4.69, 9.17) is 9.68 Å². The molecule has 0 aromatic carbocycles. The van der Waals surface area contributed by atoms with Crippen LogP contribution in [0.4, 0.5) is 0 Å². The molecule has 0 aromatic heterocycles. The maximum absolute atomic E-state index is 5.37. The summed E-state index contributed by atoms with van der Waals surface area (Å²) in [7, 11) is 0. The Balaban J connectivity index is 1.95. The van der Waals surface area contributed by atoms with Crippen molar-refractivity contribution in [1.29, 1.82) is 0 Å². The molecule has 4 fully saturated rings. The Kier molecular flexibility index (Phi) is 0.678. The van der Waals surface area contributed by atoms with Crippen molar-refractivity contribution in [2.24, 2.45) is 0 Å². The van der Waals surface area contributed by atoms with E-state index in [0.717, 1.165) is 0 Å². The van der Waals surface area contributed by atoms with Crippen molar-refractivity contribution in [3.05, 3.63) is 0 Å². The average molecular weight is 127 g/mol. The Bertz CT molecular complexity index is 144. The average Bonchev–Trinajstić information content (AvgIpc) is 2.30. The van der Waals surface area contributed by atoms with Crippen LogP contribution in [0.15, 0.2) is 0 Å². The molecule has 0 aromatic rings. The van der Waals surface area contributed by atoms with Crippen LogP contribution in [0.5, 0.6) is 0 Å². The normalized spacial score (nSPS) is 61.3. The highest BCUT2D eigenvalue weighted by atomic mass is 17.0. The number of rotatable bonds is 0. The van der Waals surface area contributed by atoms with Crippen LogP contribution in [-0.4, -0.2) is 23.5 Å². The molecule has 50 valence electrons. The summed E-state index contributed by atoms with van der Waals surface area (Å²) in [5.74, 6) is 0. The Morgan fingerprint density at radius 2 is 2.22 bits per heavy atom. The standard InChI is InChI=1S/C6H9NO2/c1-2-4-6-5(3-1)8-7(4)9-6/h4-6H,1-3H2. The summed E-state index contributed by atoms with van der Waals surface area (Å²) in [6, 6.07) is 0.615. The lowest BCUT2D eigenvalue weighted by atomic mass is 9.90. The van der Waals surface area contributed by atoms with Gasteiger partial charge in [-0.15, -0.1) is 0 Å². The number of hydrogen-bond donors (Lipinski definition) is 0. The van der Waals surface area contributed by atoms with E-state index in [0.29, 0.717) is 18.2 Å². The highest BCUT2D eigenvalue weighted by Crippen LogP contribution is 2.43. The summed E-state index contributed by atoms with van der Waals surface area (Å²) in [6.45, 7) is 0. The van der Waals surface area contributed by atoms with Crippen LogP contribution in [0.3, 0.4) is 0 Å². The molecule has 4 rings (SSSR count). The minimum atomic E-state index is 0.406. The molecule has 4 atom stereocenters. The Morgan fingerprint density at radius 1 is 1.22 bits per heavy atom. The van der Waals surface area contributed by atoms with Gasteiger partial charge in [-0.1, -0.05) is 5.23 Å². The van der Waals surface area contributed by atoms with Gasteiger partial charge in [0.1, 0.15) is 12.2 Å². The van der Waals surface area contributed by atoms with Crippen molar-refractivity contribution >= 4 is 0 Å². The molecule has 4 bridgehead atoms. The third kappa shape index (κ3) is 0.407. The molecule has 1 saturated carbocycles. The van der Waals surface area contributed by atoms with Gasteiger partial charge in [0.2, 0.25) is 0 Å². The summed E-state index contributed by atoms with van der Waals surface area (Å²) in [6.07, 6.45) is 4.60. The maximum Gasteiger partial charge on any atom is 0.130 e. The van der Waals surface area contributed by atoms with Crippen molar-refractivity contribution < 1.29 is 9.68 Å². The van der Waals surface area contributed by atoms with Crippen LogP contribution < -0.4 is 0 Å². The third-order valence-corrected chi connectivity index (χ3v) is 2.47. The van der Waals surface area contributed by atoms with Gasteiger partial charge in [-0.05, 0) is 19.3 Å². The van der Waals surface area contributed by atoms with E-state index in [1.807, 2.05) is 0 Å². The molecule has 3 heterocycles. The van der Waals surface area contributed by atoms with E-state index < -0.39 is 0 Å². The molecule has 0 radical (unpaired) electrons. The minimum absolute atomic E-state index is 0.406. The van der Waals surface area contributed by atoms with Gasteiger partial charge in [0.25, 0.3) is 0 Å². The van der Waals surface area contributed by atoms with Crippen molar-refractivity contribution in [1.82, 2.24) is 5.23 Å². The topological polar surface area (TPSA) is 21.7 Å². The van der Waals surface area contributed by atoms with Crippen LogP contribution >= 0.6 is 0 Å². The van der Waals surface area contributed by atoms with Crippen LogP contribution in [0, 0.1) is 0 Å². The summed E-state index contributed by atoms with van der Waals surface area (Å²) in [5, 5.41) is 1.68. The Hall–Kier alpha value is -0.120. The largest absolute Gasteiger partial charge is 0.268 e. The zero-order valence-corrected chi connectivity index (χ0v) is 5.12. The molecule has 0 N–H and O–H groups in total. The molecule has 3 heteroatoms. The molecular formula is C6H9NO2. The van der Waals surface area contributed by atoms with E-state index in [9.17, 15) is 0 Å². The molecule has 3 saturated heterocycles. The Labute approximate surface area is 53.4 Å². The SMILES string of the molecule is C1CC2ON3OC2C3C1. The molecular weight excluding hydrogens is 118 g/mol. The van der Waals surface area contributed by atoms with E-state index in [1.54, 1.807) is 5.23 Å². The minimum Gasteiger partial charge on any atom is -0.268 e. The second-order valence-corrected chi connectivity index (χ2v) is 3.00. The van der Waals surface area contributed by atoms with Crippen LogP contribution in [0.25, 0.3) is 0 Å². The first-order valence-corrected chi connectivity index (χ1v) is 3.58. The second kappa shape index (κ2) is 1.31. The van der Waals surface area contributed by atoms with E-state index in [-0.39, 0.29) is 0 Å². The monoisotopic (exact) mass is 127 g/mol. The van der Waals surface area contributed by atoms with Crippen molar-refractivity contribution in [2.75, 3.05) is 0 Å². The number of hydrogen-bond acceptors (Lipinski definition) is 3. The lowest BCUT2D eigenvalue weighted by Crippen LogP contribution is -2.51. The van der Waals surface area contributed by atoms with Gasteiger partial charge < -0.3 is 0 Å². The van der Waals surface area contributed by atoms with Crippen LogP contribution in [0.2, 0.25) is 0 Å². The second-order valence-electron chi connectivity index (χ2n) is 3.00. The Morgan fingerprint density at radius 3 is 3.00 bits per heavy atom. The van der Waals surface area contributed by atoms with Gasteiger partial charge in [-0.2, -0.15) is 0 Å². The van der Waals surface area contributed by atoms with Crippen molar-refractivity contribution in [2.45, 2.75) is 37.5 Å². The fourth-order valence-electron chi connectivity index (χ4n) is 1.95. The molecule has 4 aliphatic rings. The maximum atomic E-state index is 5.37. The molecule has 4 unspecified atom stereocenters. The number of hydroxylamine groups is 2. The van der Waals surface area contributed by atoms with Gasteiger partial charge in [-0.3, -0.25) is 9.68 Å². The third-order valence-electron chi connectivity index (χ3n) is 2.47. The lowest BCUT2D eigenvalue weighted by molar-refractivity contribution is -0.400. The quantitative estimate of drug-likeness (QED) is 0.472. The van der Waals surface area contributed by atoms with Crippen molar-refractivity contribution in [3.63, 3.8) is 0 Å². The first kappa shape index (κ1) is 4.66. The van der Waals surface area contributed by atoms with Crippen molar-refractivity contribution in [3.8, 4) is 0 Å². The van der Waals surface area contributed by atoms with E-state index in [1.165, 1.54) is 19.3 Å². The van der Waals surface area contributed by atoms with Crippen LogP contribution in [-0.2, 0) is 9.68 Å². The van der Waals surface area contributed by atoms with Gasteiger partial charge in [-0.25, -0.2) is 0 Å². The molecule has 9 heavy (non-hydrogen) atoms. The summed E-state index contributed by atoms with van der Waals surface area (Å²) in [5.41, 5.74) is 0. The molecule has 3 aliphatic heterocycles. The lowest BCUT2D eigenvalue weighted by Gasteiger charge is -2.36. The summed E-state index contributed by atoms with van der Waals surface area (Å²) in [4.78, 5) is 10.6. The van der Waals surface area contributed by atoms with Crippen LogP contribution in [0.1, 0.15) is 19.3 Å². The van der Waals surface area contributed by atoms with Gasteiger partial charge in [0.15, 0.2) is 0 Å². The first-order chi connectivity index (χ1) is 4.45. The summed E-state index contributed by atoms with van der Waals surface area (Å²) >= 11 is 0. The number of nitrogens with zero attached hydrogens (tertiary/aromatic N) is 1. The molecule has 3 nitrogen and oxygen atoms in total.